The third-order valence-corrected chi connectivity index (χ3v) is 4.91. The van der Waals surface area contributed by atoms with Gasteiger partial charge >= 0.3 is 18.3 Å². The van der Waals surface area contributed by atoms with Crippen molar-refractivity contribution in [3.8, 4) is 6.07 Å². The van der Waals surface area contributed by atoms with Gasteiger partial charge in [-0.1, -0.05) is 13.8 Å². The van der Waals surface area contributed by atoms with Gasteiger partial charge in [-0.2, -0.15) is 31.6 Å². The highest BCUT2D eigenvalue weighted by Gasteiger charge is 2.37. The smallest absolute Gasteiger partial charge is 0.416 e. The van der Waals surface area contributed by atoms with Crippen LogP contribution in [0.3, 0.4) is 0 Å². The summed E-state index contributed by atoms with van der Waals surface area (Å²) in [7, 11) is 0. The first-order chi connectivity index (χ1) is 16.8. The van der Waals surface area contributed by atoms with Crippen LogP contribution in [-0.2, 0) is 28.4 Å². The van der Waals surface area contributed by atoms with Gasteiger partial charge in [-0.25, -0.2) is 9.78 Å². The van der Waals surface area contributed by atoms with Crippen molar-refractivity contribution >= 4 is 23.1 Å². The quantitative estimate of drug-likeness (QED) is 0.161. The SMILES string of the molecule is CC.CCOC(=O)/C(C#N)=C/c1cn(Cc2cc(C(F)(F)F)cc(C(F)(F)F)c2)c2nccc(C)c12. The molecule has 0 unspecified atom stereocenters. The first-order valence-corrected chi connectivity index (χ1v) is 10.9. The van der Waals surface area contributed by atoms with Crippen LogP contribution in [0.2, 0.25) is 0 Å². The number of aryl methyl sites for hydroxylation is 1. The second kappa shape index (κ2) is 11.3. The molecule has 0 amide bonds. The Kier molecular flexibility index (Phi) is 8.91. The van der Waals surface area contributed by atoms with E-state index >= 15 is 0 Å². The van der Waals surface area contributed by atoms with Crippen molar-refractivity contribution in [2.24, 2.45) is 0 Å². The van der Waals surface area contributed by atoms with E-state index in [-0.39, 0.29) is 36.0 Å². The van der Waals surface area contributed by atoms with Crippen molar-refractivity contribution in [1.82, 2.24) is 9.55 Å². The van der Waals surface area contributed by atoms with Gasteiger partial charge < -0.3 is 9.30 Å². The minimum Gasteiger partial charge on any atom is -0.462 e. The summed E-state index contributed by atoms with van der Waals surface area (Å²) in [6, 6.07) is 4.73. The molecule has 0 saturated heterocycles. The van der Waals surface area contributed by atoms with Gasteiger partial charge in [0.2, 0.25) is 0 Å². The monoisotopic (exact) mass is 511 g/mol. The van der Waals surface area contributed by atoms with Crippen molar-refractivity contribution in [1.29, 1.82) is 5.26 Å². The zero-order valence-corrected chi connectivity index (χ0v) is 19.9. The first kappa shape index (κ1) is 28.4. The fourth-order valence-corrected chi connectivity index (χ4v) is 3.45. The van der Waals surface area contributed by atoms with Crippen LogP contribution in [0, 0.1) is 18.3 Å². The second-order valence-corrected chi connectivity index (χ2v) is 7.34. The van der Waals surface area contributed by atoms with Gasteiger partial charge in [0.1, 0.15) is 17.3 Å². The Bertz CT molecular complexity index is 1280. The molecule has 3 rings (SSSR count). The molecule has 2 aromatic heterocycles. The number of halogens is 6. The number of ether oxygens (including phenoxy) is 1. The summed E-state index contributed by atoms with van der Waals surface area (Å²) >= 11 is 0. The fraction of sp³-hybridized carbons (Fsp3) is 0.320. The standard InChI is InChI=1S/C23H17F6N3O2.C2H6/c1-3-34-21(33)15(10-30)8-16-12-32(20-19(16)13(2)4-5-31-20)11-14-6-17(22(24,25)26)9-18(7-14)23(27,28)29;1-2/h4-9,12H,3,11H2,1-2H3;1-2H3/b15-8+;. The van der Waals surface area contributed by atoms with Gasteiger partial charge in [-0.3, -0.25) is 0 Å². The third-order valence-electron chi connectivity index (χ3n) is 4.91. The van der Waals surface area contributed by atoms with Gasteiger partial charge in [0.05, 0.1) is 17.7 Å². The van der Waals surface area contributed by atoms with Gasteiger partial charge in [-0.05, 0) is 55.3 Å². The molecule has 0 N–H and O–H groups in total. The lowest BCUT2D eigenvalue weighted by molar-refractivity contribution is -0.143. The number of esters is 1. The number of alkyl halides is 6. The van der Waals surface area contributed by atoms with Gasteiger partial charge in [0.15, 0.2) is 0 Å². The Balaban J connectivity index is 0.00000222. The molecule has 1 aromatic carbocycles. The number of fused-ring (bicyclic) bond motifs is 1. The molecule has 2 heterocycles. The van der Waals surface area contributed by atoms with Crippen LogP contribution >= 0.6 is 0 Å². The Morgan fingerprint density at radius 1 is 1.11 bits per heavy atom. The molecule has 3 aromatic rings. The summed E-state index contributed by atoms with van der Waals surface area (Å²) in [5.41, 5.74) is -2.13. The highest BCUT2D eigenvalue weighted by molar-refractivity contribution is 6.01. The molecule has 0 spiro atoms. The third kappa shape index (κ3) is 6.44. The highest BCUT2D eigenvalue weighted by Crippen LogP contribution is 2.37. The molecule has 36 heavy (non-hydrogen) atoms. The van der Waals surface area contributed by atoms with Crippen LogP contribution in [0.25, 0.3) is 17.1 Å². The minimum atomic E-state index is -4.97. The summed E-state index contributed by atoms with van der Waals surface area (Å²) in [5.74, 6) is -0.861. The largest absolute Gasteiger partial charge is 0.462 e. The number of nitrogens with zero attached hydrogens (tertiary/aromatic N) is 3. The number of aromatic nitrogens is 2. The van der Waals surface area contributed by atoms with Crippen LogP contribution in [-0.4, -0.2) is 22.1 Å². The summed E-state index contributed by atoms with van der Waals surface area (Å²) in [6.45, 7) is 6.96. The molecule has 0 aliphatic carbocycles. The number of carbonyl (C=O) groups is 1. The summed E-state index contributed by atoms with van der Waals surface area (Å²) in [4.78, 5) is 16.2. The van der Waals surface area contributed by atoms with Crippen molar-refractivity contribution in [2.75, 3.05) is 6.61 Å². The lowest BCUT2D eigenvalue weighted by Crippen LogP contribution is -2.12. The van der Waals surface area contributed by atoms with Gasteiger partial charge in [0.25, 0.3) is 0 Å². The summed E-state index contributed by atoms with van der Waals surface area (Å²) in [6.07, 6.45) is -5.85. The van der Waals surface area contributed by atoms with Crippen LogP contribution in [0.5, 0.6) is 0 Å². The molecule has 0 radical (unpaired) electrons. The Labute approximate surface area is 203 Å². The second-order valence-electron chi connectivity index (χ2n) is 7.34. The molecule has 0 fully saturated rings. The highest BCUT2D eigenvalue weighted by atomic mass is 19.4. The molecule has 192 valence electrons. The number of carbonyl (C=O) groups excluding carboxylic acids is 1. The average molecular weight is 511 g/mol. The summed E-state index contributed by atoms with van der Waals surface area (Å²) in [5, 5.41) is 9.82. The van der Waals surface area contributed by atoms with E-state index in [1.165, 1.54) is 23.0 Å². The van der Waals surface area contributed by atoms with Crippen molar-refractivity contribution in [3.63, 3.8) is 0 Å². The van der Waals surface area contributed by atoms with E-state index in [1.54, 1.807) is 26.0 Å². The molecule has 11 heteroatoms. The first-order valence-electron chi connectivity index (χ1n) is 10.9. The van der Waals surface area contributed by atoms with Crippen LogP contribution < -0.4 is 0 Å². The van der Waals surface area contributed by atoms with Crippen molar-refractivity contribution < 1.29 is 35.9 Å². The Morgan fingerprint density at radius 3 is 2.19 bits per heavy atom. The van der Waals surface area contributed by atoms with Crippen molar-refractivity contribution in [3.05, 3.63) is 70.0 Å². The van der Waals surface area contributed by atoms with Gasteiger partial charge in [0, 0.05) is 29.9 Å². The topological polar surface area (TPSA) is 67.9 Å². The Morgan fingerprint density at radius 2 is 1.69 bits per heavy atom. The van der Waals surface area contributed by atoms with E-state index in [0.29, 0.717) is 28.6 Å². The molecule has 5 nitrogen and oxygen atoms in total. The van der Waals surface area contributed by atoms with Crippen LogP contribution in [0.15, 0.2) is 42.2 Å². The van der Waals surface area contributed by atoms with E-state index in [0.717, 1.165) is 0 Å². The molecule has 0 saturated carbocycles. The average Bonchev–Trinajstić information content (AvgIpc) is 3.15. The van der Waals surface area contributed by atoms with Crippen LogP contribution in [0.4, 0.5) is 26.3 Å². The lowest BCUT2D eigenvalue weighted by atomic mass is 10.0. The zero-order valence-electron chi connectivity index (χ0n) is 19.9. The van der Waals surface area contributed by atoms with E-state index in [4.69, 9.17) is 4.74 Å². The summed E-state index contributed by atoms with van der Waals surface area (Å²) < 4.78 is 85.6. The molecule has 0 aliphatic heterocycles. The number of hydrogen-bond donors (Lipinski definition) is 0. The Hall–Kier alpha value is -3.81. The van der Waals surface area contributed by atoms with E-state index in [9.17, 15) is 36.4 Å². The number of hydrogen-bond acceptors (Lipinski definition) is 4. The number of rotatable bonds is 5. The minimum absolute atomic E-state index is 0.0390. The molecule has 0 bridgehead atoms. The number of benzene rings is 1. The zero-order chi connectivity index (χ0) is 27.3. The van der Waals surface area contributed by atoms with Crippen LogP contribution in [0.1, 0.15) is 48.6 Å². The molecular weight excluding hydrogens is 488 g/mol. The molecule has 0 aliphatic rings. The maximum atomic E-state index is 13.2. The fourth-order valence-electron chi connectivity index (χ4n) is 3.45. The normalized spacial score (nSPS) is 12.1. The van der Waals surface area contributed by atoms with Crippen molar-refractivity contribution in [2.45, 2.75) is 46.6 Å². The van der Waals surface area contributed by atoms with E-state index < -0.39 is 29.4 Å². The van der Waals surface area contributed by atoms with E-state index in [1.807, 2.05) is 13.8 Å². The predicted octanol–water partition coefficient (Wildman–Crippen LogP) is 6.93. The molecule has 0 atom stereocenters. The number of pyridine rings is 1. The van der Waals surface area contributed by atoms with E-state index in [2.05, 4.69) is 4.98 Å². The maximum absolute atomic E-state index is 13.2. The maximum Gasteiger partial charge on any atom is 0.416 e. The molecular formula is C25H23F6N3O2. The predicted molar refractivity (Wildman–Crippen MR) is 122 cm³/mol. The lowest BCUT2D eigenvalue weighted by Gasteiger charge is -2.15. The number of nitriles is 1. The van der Waals surface area contributed by atoms with Gasteiger partial charge in [-0.15, -0.1) is 0 Å².